The number of halogens is 1. The fourth-order valence-corrected chi connectivity index (χ4v) is 1.70. The maximum atomic E-state index is 11.8. The van der Waals surface area contributed by atoms with Crippen molar-refractivity contribution in [2.24, 2.45) is 11.7 Å². The van der Waals surface area contributed by atoms with Gasteiger partial charge in [-0.25, -0.2) is 0 Å². The van der Waals surface area contributed by atoms with E-state index >= 15 is 0 Å². The minimum Gasteiger partial charge on any atom is -0.380 e. The first kappa shape index (κ1) is 20.4. The van der Waals surface area contributed by atoms with E-state index < -0.39 is 6.04 Å². The van der Waals surface area contributed by atoms with E-state index in [1.807, 2.05) is 32.0 Å². The van der Waals surface area contributed by atoms with Crippen LogP contribution in [0.1, 0.15) is 19.4 Å². The molecular weight excluding hydrogens is 306 g/mol. The molecule has 4 N–H and O–H groups in total. The topological polar surface area (TPSA) is 93.5 Å². The molecule has 0 spiro atoms. The summed E-state index contributed by atoms with van der Waals surface area (Å²) in [5.41, 5.74) is 7.32. The van der Waals surface area contributed by atoms with Crippen molar-refractivity contribution in [2.45, 2.75) is 26.5 Å². The van der Waals surface area contributed by atoms with Crippen molar-refractivity contribution in [3.8, 4) is 0 Å². The van der Waals surface area contributed by atoms with E-state index in [0.29, 0.717) is 12.3 Å². The normalized spacial score (nSPS) is 11.5. The lowest BCUT2D eigenvalue weighted by molar-refractivity contribution is -0.125. The van der Waals surface area contributed by atoms with Crippen molar-refractivity contribution in [2.75, 3.05) is 19.0 Å². The lowest BCUT2D eigenvalue weighted by atomic mass is 10.1. The summed E-state index contributed by atoms with van der Waals surface area (Å²) >= 11 is 0. The van der Waals surface area contributed by atoms with Gasteiger partial charge in [0, 0.05) is 12.8 Å². The molecule has 7 heteroatoms. The molecule has 1 aromatic carbocycles. The summed E-state index contributed by atoms with van der Waals surface area (Å²) in [6.07, 6.45) is 0. The smallest absolute Gasteiger partial charge is 0.243 e. The zero-order chi connectivity index (χ0) is 15.8. The summed E-state index contributed by atoms with van der Waals surface area (Å²) in [6, 6.07) is 6.73. The number of hydrogen-bond acceptors (Lipinski definition) is 4. The highest BCUT2D eigenvalue weighted by Gasteiger charge is 2.17. The molecule has 1 rings (SSSR count). The molecule has 1 atom stereocenters. The van der Waals surface area contributed by atoms with Gasteiger partial charge in [-0.15, -0.1) is 12.4 Å². The third-order valence-corrected chi connectivity index (χ3v) is 2.97. The van der Waals surface area contributed by atoms with Crippen LogP contribution in [0.15, 0.2) is 24.3 Å². The number of carbonyl (C=O) groups excluding carboxylic acids is 2. The molecule has 0 bridgehead atoms. The monoisotopic (exact) mass is 329 g/mol. The van der Waals surface area contributed by atoms with Crippen LogP contribution in [-0.4, -0.2) is 31.5 Å². The van der Waals surface area contributed by atoms with Gasteiger partial charge >= 0.3 is 0 Å². The Balaban J connectivity index is 0.00000441. The van der Waals surface area contributed by atoms with Gasteiger partial charge in [0.1, 0.15) is 0 Å². The van der Waals surface area contributed by atoms with Crippen molar-refractivity contribution >= 4 is 29.9 Å². The summed E-state index contributed by atoms with van der Waals surface area (Å²) in [5, 5.41) is 5.24. The van der Waals surface area contributed by atoms with E-state index in [4.69, 9.17) is 10.5 Å². The lowest BCUT2D eigenvalue weighted by Gasteiger charge is -2.15. The Hall–Kier alpha value is -1.63. The number of benzene rings is 1. The molecular formula is C15H24ClN3O3. The highest BCUT2D eigenvalue weighted by molar-refractivity contribution is 5.95. The molecule has 0 heterocycles. The van der Waals surface area contributed by atoms with Crippen LogP contribution in [0.25, 0.3) is 0 Å². The summed E-state index contributed by atoms with van der Waals surface area (Å²) in [4.78, 5) is 23.4. The number of carbonyl (C=O) groups is 2. The number of hydrogen-bond donors (Lipinski definition) is 3. The predicted molar refractivity (Wildman–Crippen MR) is 88.9 cm³/mol. The van der Waals surface area contributed by atoms with Gasteiger partial charge in [0.15, 0.2) is 0 Å². The summed E-state index contributed by atoms with van der Waals surface area (Å²) < 4.78 is 5.03. The van der Waals surface area contributed by atoms with E-state index in [1.54, 1.807) is 13.2 Å². The minimum absolute atomic E-state index is 0. The standard InChI is InChI=1S/C15H23N3O3.ClH/c1-10(2)14(16)15(20)17-8-13(19)18-12-6-4-5-11(7-12)9-21-3;/h4-7,10,14H,8-9,16H2,1-3H3,(H,17,20)(H,18,19);1H/t14-;/m0./s1. The Bertz CT molecular complexity index is 495. The van der Waals surface area contributed by atoms with Gasteiger partial charge in [-0.3, -0.25) is 9.59 Å². The summed E-state index contributed by atoms with van der Waals surface area (Å²) in [5.74, 6) is -0.596. The van der Waals surface area contributed by atoms with Crippen LogP contribution in [0, 0.1) is 5.92 Å². The lowest BCUT2D eigenvalue weighted by Crippen LogP contribution is -2.46. The van der Waals surface area contributed by atoms with Crippen molar-refractivity contribution in [1.29, 1.82) is 0 Å². The van der Waals surface area contributed by atoms with Crippen LogP contribution in [0.4, 0.5) is 5.69 Å². The van der Waals surface area contributed by atoms with Gasteiger partial charge in [0.05, 0.1) is 19.2 Å². The van der Waals surface area contributed by atoms with Crippen molar-refractivity contribution in [3.05, 3.63) is 29.8 Å². The molecule has 1 aromatic rings. The molecule has 0 aliphatic rings. The maximum Gasteiger partial charge on any atom is 0.243 e. The SMILES string of the molecule is COCc1cccc(NC(=O)CNC(=O)[C@@H](N)C(C)C)c1.Cl. The van der Waals surface area contributed by atoms with Crippen molar-refractivity contribution in [3.63, 3.8) is 0 Å². The Morgan fingerprint density at radius 1 is 1.32 bits per heavy atom. The third-order valence-electron chi connectivity index (χ3n) is 2.97. The van der Waals surface area contributed by atoms with Gasteiger partial charge < -0.3 is 21.1 Å². The summed E-state index contributed by atoms with van der Waals surface area (Å²) in [7, 11) is 1.61. The highest BCUT2D eigenvalue weighted by atomic mass is 35.5. The van der Waals surface area contributed by atoms with Crippen LogP contribution < -0.4 is 16.4 Å². The van der Waals surface area contributed by atoms with E-state index in [9.17, 15) is 9.59 Å². The predicted octanol–water partition coefficient (Wildman–Crippen LogP) is 1.29. The Morgan fingerprint density at radius 3 is 2.59 bits per heavy atom. The number of amides is 2. The molecule has 0 saturated carbocycles. The van der Waals surface area contributed by atoms with Gasteiger partial charge in [-0.05, 0) is 23.6 Å². The van der Waals surface area contributed by atoms with Gasteiger partial charge in [0.25, 0.3) is 0 Å². The fourth-order valence-electron chi connectivity index (χ4n) is 1.70. The molecule has 0 unspecified atom stereocenters. The molecule has 0 radical (unpaired) electrons. The van der Waals surface area contributed by atoms with E-state index in [-0.39, 0.29) is 36.7 Å². The van der Waals surface area contributed by atoms with E-state index in [2.05, 4.69) is 10.6 Å². The molecule has 0 fully saturated rings. The first-order valence-corrected chi connectivity index (χ1v) is 6.85. The number of ether oxygens (including phenoxy) is 1. The van der Waals surface area contributed by atoms with Crippen molar-refractivity contribution < 1.29 is 14.3 Å². The van der Waals surface area contributed by atoms with Crippen LogP contribution in [-0.2, 0) is 20.9 Å². The Kier molecular flexibility index (Phi) is 9.40. The van der Waals surface area contributed by atoms with Crippen molar-refractivity contribution in [1.82, 2.24) is 5.32 Å². The van der Waals surface area contributed by atoms with Crippen LogP contribution in [0.2, 0.25) is 0 Å². The zero-order valence-corrected chi connectivity index (χ0v) is 13.9. The fraction of sp³-hybridized carbons (Fsp3) is 0.467. The second-order valence-corrected chi connectivity index (χ2v) is 5.17. The van der Waals surface area contributed by atoms with E-state index in [0.717, 1.165) is 5.56 Å². The number of rotatable bonds is 7. The molecule has 0 aliphatic carbocycles. The van der Waals surface area contributed by atoms with Gasteiger partial charge in [-0.1, -0.05) is 26.0 Å². The first-order valence-electron chi connectivity index (χ1n) is 6.85. The summed E-state index contributed by atoms with van der Waals surface area (Å²) in [6.45, 7) is 4.08. The van der Waals surface area contributed by atoms with Gasteiger partial charge in [0.2, 0.25) is 11.8 Å². The molecule has 2 amide bonds. The number of nitrogens with one attached hydrogen (secondary N) is 2. The highest BCUT2D eigenvalue weighted by Crippen LogP contribution is 2.11. The molecule has 124 valence electrons. The van der Waals surface area contributed by atoms with Crippen LogP contribution >= 0.6 is 12.4 Å². The zero-order valence-electron chi connectivity index (χ0n) is 13.1. The van der Waals surface area contributed by atoms with Crippen LogP contribution in [0.3, 0.4) is 0 Å². The maximum absolute atomic E-state index is 11.8. The molecule has 0 aromatic heterocycles. The second kappa shape index (κ2) is 10.2. The van der Waals surface area contributed by atoms with Gasteiger partial charge in [-0.2, -0.15) is 0 Å². The largest absolute Gasteiger partial charge is 0.380 e. The second-order valence-electron chi connectivity index (χ2n) is 5.17. The van der Waals surface area contributed by atoms with Crippen LogP contribution in [0.5, 0.6) is 0 Å². The number of anilines is 1. The average Bonchev–Trinajstić information content (AvgIpc) is 2.44. The molecule has 0 aliphatic heterocycles. The Labute approximate surface area is 137 Å². The number of nitrogens with two attached hydrogens (primary N) is 1. The van der Waals surface area contributed by atoms with E-state index in [1.165, 1.54) is 0 Å². The molecule has 22 heavy (non-hydrogen) atoms. The Morgan fingerprint density at radius 2 is 2.00 bits per heavy atom. The first-order chi connectivity index (χ1) is 9.93. The molecule has 6 nitrogen and oxygen atoms in total. The average molecular weight is 330 g/mol. The molecule has 0 saturated heterocycles. The minimum atomic E-state index is -0.608. The quantitative estimate of drug-likeness (QED) is 0.702. The third kappa shape index (κ3) is 6.89. The number of methoxy groups -OCH3 is 1.